The molecule has 0 saturated heterocycles. The minimum atomic E-state index is -4.61. The first-order chi connectivity index (χ1) is 11.6. The number of carbonyl (C=O) groups is 2. The second kappa shape index (κ2) is 7.01. The Morgan fingerprint density at radius 2 is 2.00 bits per heavy atom. The first-order valence-electron chi connectivity index (χ1n) is 6.69. The summed E-state index contributed by atoms with van der Waals surface area (Å²) in [5, 5.41) is 24.1. The second-order valence-electron chi connectivity index (χ2n) is 4.81. The van der Waals surface area contributed by atoms with Crippen LogP contribution < -0.4 is 15.5 Å². The predicted octanol–water partition coefficient (Wildman–Crippen LogP) is -0.174. The molecule has 0 fully saturated rings. The van der Waals surface area contributed by atoms with Crippen LogP contribution >= 0.6 is 11.6 Å². The highest BCUT2D eigenvalue weighted by atomic mass is 35.5. The van der Waals surface area contributed by atoms with Crippen LogP contribution in [0.2, 0.25) is 5.02 Å². The third kappa shape index (κ3) is 4.41. The van der Waals surface area contributed by atoms with E-state index in [9.17, 15) is 33.0 Å². The predicted molar refractivity (Wildman–Crippen MR) is 77.2 cm³/mol. The molecule has 0 aromatic heterocycles. The molecule has 1 heterocycles. The van der Waals surface area contributed by atoms with Crippen LogP contribution in [-0.4, -0.2) is 35.9 Å². The van der Waals surface area contributed by atoms with Crippen molar-refractivity contribution in [2.24, 2.45) is 4.99 Å². The van der Waals surface area contributed by atoms with Crippen LogP contribution in [0.4, 0.5) is 18.9 Å². The molecule has 7 nitrogen and oxygen atoms in total. The van der Waals surface area contributed by atoms with Crippen LogP contribution in [0.3, 0.4) is 0 Å². The van der Waals surface area contributed by atoms with Gasteiger partial charge in [0.05, 0.1) is 40.5 Å². The molecule has 134 valence electrons. The monoisotopic (exact) mass is 375 g/mol. The van der Waals surface area contributed by atoms with Gasteiger partial charge in [-0.25, -0.2) is 0 Å². The number of benzene rings is 1. The molecule has 1 aromatic rings. The molecule has 0 atom stereocenters. The van der Waals surface area contributed by atoms with Gasteiger partial charge in [-0.1, -0.05) is 11.6 Å². The summed E-state index contributed by atoms with van der Waals surface area (Å²) in [5.74, 6) is -3.77. The fourth-order valence-corrected chi connectivity index (χ4v) is 2.23. The first kappa shape index (κ1) is 18.6. The van der Waals surface area contributed by atoms with Gasteiger partial charge in [-0.05, 0) is 24.3 Å². The molecule has 1 aliphatic heterocycles. The van der Waals surface area contributed by atoms with E-state index in [1.807, 2.05) is 0 Å². The fourth-order valence-electron chi connectivity index (χ4n) is 2.07. The van der Waals surface area contributed by atoms with E-state index in [0.717, 1.165) is 23.1 Å². The fraction of sp³-hybridized carbons (Fsp3) is 0.214. The number of carbonyl (C=O) groups excluding carboxylic acids is 2. The maximum atomic E-state index is 12.8. The number of guanidine groups is 1. The molecule has 0 bridgehead atoms. The molecule has 0 unspecified atom stereocenters. The second-order valence-corrected chi connectivity index (χ2v) is 5.22. The zero-order valence-electron chi connectivity index (χ0n) is 12.3. The van der Waals surface area contributed by atoms with E-state index in [-0.39, 0.29) is 29.8 Å². The lowest BCUT2D eigenvalue weighted by Crippen LogP contribution is -2.41. The first-order valence-corrected chi connectivity index (χ1v) is 7.07. The molecule has 25 heavy (non-hydrogen) atoms. The molecule has 1 N–H and O–H groups in total. The van der Waals surface area contributed by atoms with Crippen molar-refractivity contribution in [1.82, 2.24) is 4.90 Å². The number of halogens is 4. The lowest BCUT2D eigenvalue weighted by molar-refractivity contribution is -0.304. The quantitative estimate of drug-likeness (QED) is 0.732. The number of carboxylic acid groups (broad SMARTS) is 2. The third-order valence-electron chi connectivity index (χ3n) is 3.14. The van der Waals surface area contributed by atoms with Gasteiger partial charge in [0, 0.05) is 6.54 Å². The molecule has 11 heteroatoms. The molecule has 0 aliphatic carbocycles. The van der Waals surface area contributed by atoms with Crippen molar-refractivity contribution in [3.8, 4) is 0 Å². The molecule has 2 rings (SSSR count). The summed E-state index contributed by atoms with van der Waals surface area (Å²) >= 11 is 5.85. The van der Waals surface area contributed by atoms with Crippen LogP contribution in [0.15, 0.2) is 35.0 Å². The lowest BCUT2D eigenvalue weighted by Gasteiger charge is -2.25. The number of nitrogens with zero attached hydrogens (tertiary/aromatic N) is 2. The van der Waals surface area contributed by atoms with E-state index in [1.54, 1.807) is 0 Å². The smallest absolute Gasteiger partial charge is 0.416 e. The molecular formula is C14H9ClF3N3O4-2. The zero-order valence-corrected chi connectivity index (χ0v) is 13.0. The summed E-state index contributed by atoms with van der Waals surface area (Å²) in [7, 11) is 0. The van der Waals surface area contributed by atoms with Gasteiger partial charge >= 0.3 is 6.18 Å². The van der Waals surface area contributed by atoms with Crippen LogP contribution in [0, 0.1) is 0 Å². The average molecular weight is 376 g/mol. The van der Waals surface area contributed by atoms with Crippen molar-refractivity contribution < 1.29 is 33.0 Å². The Labute approximate surface area is 144 Å². The molecule has 0 radical (unpaired) electrons. The van der Waals surface area contributed by atoms with Crippen LogP contribution in [0.5, 0.6) is 0 Å². The lowest BCUT2D eigenvalue weighted by atomic mass is 10.2. The van der Waals surface area contributed by atoms with E-state index < -0.39 is 29.4 Å². The van der Waals surface area contributed by atoms with E-state index in [4.69, 9.17) is 11.6 Å². The summed E-state index contributed by atoms with van der Waals surface area (Å²) in [6, 6.07) is 2.52. The SMILES string of the molecule is O=C([O-])/C=C(/C(=O)[O-])N1CCN=C1Nc1cc(C(F)(F)F)ccc1Cl. The standard InChI is InChI=1S/C14H11ClF3N3O4/c15-8-2-1-7(14(16,17)18)5-9(8)20-13-19-3-4-21(13)10(12(24)25)6-11(22)23/h1-2,5-6H,3-4H2,(H,19,20)(H,22,23)(H,24,25)/p-2/b10-6-. The summed E-state index contributed by atoms with van der Waals surface area (Å²) in [6.07, 6.45) is -4.31. The van der Waals surface area contributed by atoms with Crippen LogP contribution in [0.25, 0.3) is 0 Å². The highest BCUT2D eigenvalue weighted by Gasteiger charge is 2.31. The highest BCUT2D eigenvalue weighted by Crippen LogP contribution is 2.34. The number of aliphatic carboxylic acids is 2. The maximum absolute atomic E-state index is 12.8. The molecular weight excluding hydrogens is 367 g/mol. The van der Waals surface area contributed by atoms with Gasteiger partial charge in [-0.15, -0.1) is 0 Å². The molecule has 1 aromatic carbocycles. The van der Waals surface area contributed by atoms with E-state index in [1.165, 1.54) is 0 Å². The minimum absolute atomic E-state index is 0.0218. The van der Waals surface area contributed by atoms with E-state index in [2.05, 4.69) is 10.3 Å². The van der Waals surface area contributed by atoms with Crippen molar-refractivity contribution in [3.05, 3.63) is 40.6 Å². The highest BCUT2D eigenvalue weighted by molar-refractivity contribution is 6.33. The van der Waals surface area contributed by atoms with Gasteiger partial charge in [-0.2, -0.15) is 13.2 Å². The number of carboxylic acids is 2. The number of alkyl halides is 3. The van der Waals surface area contributed by atoms with Gasteiger partial charge in [0.25, 0.3) is 0 Å². The van der Waals surface area contributed by atoms with Crippen molar-refractivity contribution in [2.75, 3.05) is 18.4 Å². The number of rotatable bonds is 4. The van der Waals surface area contributed by atoms with Crippen molar-refractivity contribution in [1.29, 1.82) is 0 Å². The number of hydrogen-bond donors (Lipinski definition) is 1. The van der Waals surface area contributed by atoms with E-state index >= 15 is 0 Å². The third-order valence-corrected chi connectivity index (χ3v) is 3.47. The van der Waals surface area contributed by atoms with Gasteiger partial charge in [0.1, 0.15) is 0 Å². The number of anilines is 1. The van der Waals surface area contributed by atoms with Gasteiger partial charge in [0.2, 0.25) is 5.96 Å². The Bertz CT molecular complexity index is 777. The summed E-state index contributed by atoms with van der Waals surface area (Å²) in [5.41, 5.74) is -1.91. The Morgan fingerprint density at radius 1 is 1.32 bits per heavy atom. The Morgan fingerprint density at radius 3 is 2.56 bits per heavy atom. The number of aliphatic imine (C=N–C) groups is 1. The zero-order chi connectivity index (χ0) is 18.8. The maximum Gasteiger partial charge on any atom is 0.416 e. The van der Waals surface area contributed by atoms with Gasteiger partial charge in [-0.3, -0.25) is 4.99 Å². The Kier molecular flexibility index (Phi) is 5.21. The van der Waals surface area contributed by atoms with Gasteiger partial charge in [0.15, 0.2) is 0 Å². The molecule has 0 spiro atoms. The van der Waals surface area contributed by atoms with Crippen molar-refractivity contribution in [2.45, 2.75) is 6.18 Å². The van der Waals surface area contributed by atoms with Crippen molar-refractivity contribution >= 4 is 35.2 Å². The van der Waals surface area contributed by atoms with Gasteiger partial charge < -0.3 is 30.0 Å². The Balaban J connectivity index is 2.33. The molecule has 1 aliphatic rings. The topological polar surface area (TPSA) is 108 Å². The molecule has 0 saturated carbocycles. The average Bonchev–Trinajstić information content (AvgIpc) is 2.93. The summed E-state index contributed by atoms with van der Waals surface area (Å²) in [4.78, 5) is 26.6. The normalized spacial score (nSPS) is 15.1. The molecule has 0 amide bonds. The number of hydrogen-bond acceptors (Lipinski definition) is 7. The largest absolute Gasteiger partial charge is 0.545 e. The van der Waals surface area contributed by atoms with Crippen LogP contribution in [-0.2, 0) is 15.8 Å². The van der Waals surface area contributed by atoms with Crippen LogP contribution in [0.1, 0.15) is 5.56 Å². The summed E-state index contributed by atoms with van der Waals surface area (Å²) in [6.45, 7) is 0.0581. The van der Waals surface area contributed by atoms with Crippen molar-refractivity contribution in [3.63, 3.8) is 0 Å². The van der Waals surface area contributed by atoms with E-state index in [0.29, 0.717) is 6.08 Å². The summed E-state index contributed by atoms with van der Waals surface area (Å²) < 4.78 is 38.4. The number of nitrogens with one attached hydrogen (secondary N) is 1. The minimum Gasteiger partial charge on any atom is -0.545 e. The Hall–Kier alpha value is -2.75.